The van der Waals surface area contributed by atoms with E-state index in [4.69, 9.17) is 14.5 Å². The second-order valence-electron chi connectivity index (χ2n) is 5.48. The zero-order valence-corrected chi connectivity index (χ0v) is 12.8. The highest BCUT2D eigenvalue weighted by Gasteiger charge is 2.24. The van der Waals surface area contributed by atoms with Crippen molar-refractivity contribution in [3.8, 4) is 11.5 Å². The number of benzene rings is 1. The second-order valence-corrected chi connectivity index (χ2v) is 5.48. The van der Waals surface area contributed by atoms with Crippen LogP contribution >= 0.6 is 0 Å². The number of fused-ring (bicyclic) bond motifs is 3. The van der Waals surface area contributed by atoms with E-state index in [0.29, 0.717) is 17.5 Å². The molecule has 1 aliphatic rings. The largest absolute Gasteiger partial charge is 0.493 e. The first-order valence-electron chi connectivity index (χ1n) is 7.25. The fourth-order valence-electron chi connectivity index (χ4n) is 2.60. The summed E-state index contributed by atoms with van der Waals surface area (Å²) in [6.45, 7) is 1.92. The molecule has 1 N–H and O–H groups in total. The van der Waals surface area contributed by atoms with Crippen LogP contribution in [0.3, 0.4) is 0 Å². The predicted molar refractivity (Wildman–Crippen MR) is 82.8 cm³/mol. The number of methoxy groups -OCH3 is 2. The molecular weight excluding hydrogens is 282 g/mol. The van der Waals surface area contributed by atoms with Gasteiger partial charge in [0.25, 0.3) is 0 Å². The number of anilines is 1. The van der Waals surface area contributed by atoms with E-state index in [-0.39, 0.29) is 0 Å². The van der Waals surface area contributed by atoms with Crippen LogP contribution in [0.1, 0.15) is 18.7 Å². The number of aryl methyl sites for hydroxylation is 1. The lowest BCUT2D eigenvalue weighted by atomic mass is 10.2. The highest BCUT2D eigenvalue weighted by molar-refractivity contribution is 5.94. The van der Waals surface area contributed by atoms with Gasteiger partial charge in [0.1, 0.15) is 5.82 Å². The van der Waals surface area contributed by atoms with E-state index in [1.165, 1.54) is 12.8 Å². The Morgan fingerprint density at radius 3 is 2.55 bits per heavy atom. The van der Waals surface area contributed by atoms with Gasteiger partial charge in [0.15, 0.2) is 17.1 Å². The van der Waals surface area contributed by atoms with Crippen LogP contribution in [-0.2, 0) is 0 Å². The average Bonchev–Trinajstić information content (AvgIpc) is 3.26. The van der Waals surface area contributed by atoms with Crippen molar-refractivity contribution in [3.63, 3.8) is 0 Å². The summed E-state index contributed by atoms with van der Waals surface area (Å²) in [5.74, 6) is 2.89. The first kappa shape index (κ1) is 13.1. The molecule has 0 bridgehead atoms. The van der Waals surface area contributed by atoms with Gasteiger partial charge in [-0.1, -0.05) is 0 Å². The van der Waals surface area contributed by atoms with Gasteiger partial charge in [0, 0.05) is 17.5 Å². The predicted octanol–water partition coefficient (Wildman–Crippen LogP) is 2.18. The Bertz CT molecular complexity index is 869. The molecule has 114 valence electrons. The summed E-state index contributed by atoms with van der Waals surface area (Å²) >= 11 is 0. The lowest BCUT2D eigenvalue weighted by molar-refractivity contribution is 0.356. The van der Waals surface area contributed by atoms with Gasteiger partial charge < -0.3 is 14.8 Å². The van der Waals surface area contributed by atoms with Gasteiger partial charge in [0.05, 0.1) is 19.7 Å². The van der Waals surface area contributed by atoms with Crippen molar-refractivity contribution in [3.05, 3.63) is 18.0 Å². The van der Waals surface area contributed by atoms with Crippen LogP contribution < -0.4 is 14.8 Å². The third-order valence-corrected chi connectivity index (χ3v) is 3.92. The molecule has 0 amide bonds. The van der Waals surface area contributed by atoms with E-state index >= 15 is 0 Å². The molecule has 0 radical (unpaired) electrons. The fraction of sp³-hybridized carbons (Fsp3) is 0.400. The third kappa shape index (κ3) is 1.93. The smallest absolute Gasteiger partial charge is 0.211 e. The monoisotopic (exact) mass is 299 g/mol. The lowest BCUT2D eigenvalue weighted by Crippen LogP contribution is -2.09. The maximum absolute atomic E-state index is 5.38. The number of rotatable bonds is 4. The molecule has 7 heteroatoms. The molecule has 2 heterocycles. The van der Waals surface area contributed by atoms with Gasteiger partial charge in [-0.05, 0) is 25.8 Å². The molecule has 7 nitrogen and oxygen atoms in total. The second kappa shape index (κ2) is 4.72. The fourth-order valence-corrected chi connectivity index (χ4v) is 2.60. The Labute approximate surface area is 127 Å². The van der Waals surface area contributed by atoms with Crippen molar-refractivity contribution in [2.45, 2.75) is 25.8 Å². The minimum atomic E-state index is 0.495. The molecule has 0 spiro atoms. The highest BCUT2D eigenvalue weighted by atomic mass is 16.5. The summed E-state index contributed by atoms with van der Waals surface area (Å²) in [5, 5.41) is 12.8. The van der Waals surface area contributed by atoms with Gasteiger partial charge in [-0.25, -0.2) is 9.38 Å². The number of nitrogens with zero attached hydrogens (tertiary/aromatic N) is 4. The Morgan fingerprint density at radius 2 is 1.86 bits per heavy atom. The molecule has 1 fully saturated rings. The molecule has 1 aromatic carbocycles. The van der Waals surface area contributed by atoms with E-state index in [2.05, 4.69) is 15.5 Å². The molecule has 0 unspecified atom stereocenters. The van der Waals surface area contributed by atoms with Crippen LogP contribution in [-0.4, -0.2) is 39.8 Å². The lowest BCUT2D eigenvalue weighted by Gasteiger charge is -2.12. The zero-order chi connectivity index (χ0) is 15.3. The number of aromatic nitrogens is 4. The van der Waals surface area contributed by atoms with Gasteiger partial charge in [-0.2, -0.15) is 0 Å². The molecule has 1 aliphatic carbocycles. The third-order valence-electron chi connectivity index (χ3n) is 3.92. The standard InChI is InChI=1S/C15H17N5O2/c1-8-18-19-14-10-6-12(21-2)13(22-3)7-11(10)17-15(20(8)14)16-9-4-5-9/h6-7,9H,4-5H2,1-3H3,(H,16,17). The average molecular weight is 299 g/mol. The zero-order valence-electron chi connectivity index (χ0n) is 12.8. The van der Waals surface area contributed by atoms with Gasteiger partial charge >= 0.3 is 0 Å². The molecular formula is C15H17N5O2. The van der Waals surface area contributed by atoms with E-state index < -0.39 is 0 Å². The SMILES string of the molecule is COc1cc2nc(NC3CC3)n3c(C)nnc3c2cc1OC. The van der Waals surface area contributed by atoms with Crippen LogP contribution in [0.5, 0.6) is 11.5 Å². The van der Waals surface area contributed by atoms with Crippen LogP contribution in [0.4, 0.5) is 5.95 Å². The van der Waals surface area contributed by atoms with Gasteiger partial charge in [-0.3, -0.25) is 0 Å². The number of ether oxygens (including phenoxy) is 2. The number of nitrogens with one attached hydrogen (secondary N) is 1. The molecule has 0 saturated heterocycles. The molecule has 2 aromatic heterocycles. The summed E-state index contributed by atoms with van der Waals surface area (Å²) in [4.78, 5) is 4.74. The van der Waals surface area contributed by atoms with Crippen LogP contribution in [0.15, 0.2) is 12.1 Å². The van der Waals surface area contributed by atoms with Crippen molar-refractivity contribution in [1.29, 1.82) is 0 Å². The van der Waals surface area contributed by atoms with Crippen molar-refractivity contribution < 1.29 is 9.47 Å². The normalized spacial score (nSPS) is 14.5. The Kier molecular flexibility index (Phi) is 2.82. The Hall–Kier alpha value is -2.57. The van der Waals surface area contributed by atoms with Crippen molar-refractivity contribution >= 4 is 22.5 Å². The molecule has 1 saturated carbocycles. The van der Waals surface area contributed by atoms with E-state index in [1.807, 2.05) is 23.5 Å². The first-order valence-corrected chi connectivity index (χ1v) is 7.25. The van der Waals surface area contributed by atoms with Gasteiger partial charge in [-0.15, -0.1) is 10.2 Å². The van der Waals surface area contributed by atoms with Gasteiger partial charge in [0.2, 0.25) is 5.95 Å². The number of hydrogen-bond acceptors (Lipinski definition) is 6. The summed E-state index contributed by atoms with van der Waals surface area (Å²) in [5.41, 5.74) is 1.58. The number of hydrogen-bond donors (Lipinski definition) is 1. The molecule has 3 aromatic rings. The topological polar surface area (TPSA) is 73.6 Å². The van der Waals surface area contributed by atoms with Crippen LogP contribution in [0, 0.1) is 6.92 Å². The van der Waals surface area contributed by atoms with E-state index in [0.717, 1.165) is 28.3 Å². The quantitative estimate of drug-likeness (QED) is 0.796. The summed E-state index contributed by atoms with van der Waals surface area (Å²) < 4.78 is 12.7. The molecule has 0 aliphatic heterocycles. The summed E-state index contributed by atoms with van der Waals surface area (Å²) in [6.07, 6.45) is 2.35. The Morgan fingerprint density at radius 1 is 1.14 bits per heavy atom. The maximum Gasteiger partial charge on any atom is 0.211 e. The van der Waals surface area contributed by atoms with Crippen molar-refractivity contribution in [1.82, 2.24) is 19.6 Å². The van der Waals surface area contributed by atoms with Crippen LogP contribution in [0.2, 0.25) is 0 Å². The van der Waals surface area contributed by atoms with Crippen molar-refractivity contribution in [2.24, 2.45) is 0 Å². The summed E-state index contributed by atoms with van der Waals surface area (Å²) in [6, 6.07) is 4.26. The van der Waals surface area contributed by atoms with E-state index in [1.54, 1.807) is 14.2 Å². The first-order chi connectivity index (χ1) is 10.7. The minimum Gasteiger partial charge on any atom is -0.493 e. The minimum absolute atomic E-state index is 0.495. The Balaban J connectivity index is 2.03. The highest BCUT2D eigenvalue weighted by Crippen LogP contribution is 2.34. The molecule has 4 rings (SSSR count). The molecule has 0 atom stereocenters. The molecule has 22 heavy (non-hydrogen) atoms. The van der Waals surface area contributed by atoms with Crippen LogP contribution in [0.25, 0.3) is 16.6 Å². The summed E-state index contributed by atoms with van der Waals surface area (Å²) in [7, 11) is 3.24. The maximum atomic E-state index is 5.38. The van der Waals surface area contributed by atoms with E-state index in [9.17, 15) is 0 Å². The van der Waals surface area contributed by atoms with Crippen molar-refractivity contribution in [2.75, 3.05) is 19.5 Å².